The fourth-order valence-corrected chi connectivity index (χ4v) is 10.7. The summed E-state index contributed by atoms with van der Waals surface area (Å²) in [7, 11) is -2.84. The maximum Gasteiger partial charge on any atom is 0.243 e. The number of rotatable bonds is 43. The van der Waals surface area contributed by atoms with Gasteiger partial charge in [0.05, 0.1) is 18.6 Å². The van der Waals surface area contributed by atoms with Gasteiger partial charge in [0.25, 0.3) is 0 Å². The lowest BCUT2D eigenvalue weighted by molar-refractivity contribution is -0.136. The summed E-state index contributed by atoms with van der Waals surface area (Å²) in [6.45, 7) is 18.8. The number of amides is 8. The van der Waals surface area contributed by atoms with Crippen molar-refractivity contribution in [2.45, 2.75) is 212 Å². The summed E-state index contributed by atoms with van der Waals surface area (Å²) in [5, 5.41) is 19.4. The summed E-state index contributed by atoms with van der Waals surface area (Å²) in [5.74, 6) is -5.43. The van der Waals surface area contributed by atoms with Crippen molar-refractivity contribution in [2.75, 3.05) is 39.8 Å². The predicted octanol–water partition coefficient (Wildman–Crippen LogP) is 1.51. The highest BCUT2D eigenvalue weighted by Gasteiger charge is 2.36. The Hall–Kier alpha value is -5.47. The molecule has 1 aromatic carbocycles. The van der Waals surface area contributed by atoms with Gasteiger partial charge in [-0.1, -0.05) is 69.2 Å². The molecular formula is C57H105N13O11S. The zero-order chi connectivity index (χ0) is 62.3. The average Bonchev–Trinajstić information content (AvgIpc) is 3.54. The number of sulfonamides is 1. The second-order valence-electron chi connectivity index (χ2n) is 23.6. The third-order valence-electron chi connectivity index (χ3n) is 13.4. The fourth-order valence-electron chi connectivity index (χ4n) is 9.23. The fraction of sp³-hybridized carbons (Fsp3) is 0.754. The Morgan fingerprint density at radius 3 is 1.09 bits per heavy atom. The third kappa shape index (κ3) is 29.2. The van der Waals surface area contributed by atoms with E-state index in [0.29, 0.717) is 70.3 Å². The van der Waals surface area contributed by atoms with Gasteiger partial charge in [0.15, 0.2) is 0 Å². The molecule has 82 heavy (non-hydrogen) atoms. The van der Waals surface area contributed by atoms with E-state index in [-0.39, 0.29) is 86.0 Å². The number of methoxy groups -OCH3 is 1. The number of hydrogen-bond acceptors (Lipinski definition) is 15. The van der Waals surface area contributed by atoms with Gasteiger partial charge in [0, 0.05) is 12.6 Å². The van der Waals surface area contributed by atoms with Gasteiger partial charge < -0.3 is 70.6 Å². The van der Waals surface area contributed by atoms with Crippen molar-refractivity contribution in [3.8, 4) is 5.75 Å². The quantitative estimate of drug-likeness (QED) is 0.0413. The maximum absolute atomic E-state index is 14.5. The smallest absolute Gasteiger partial charge is 0.243 e. The molecule has 8 atom stereocenters. The second kappa shape index (κ2) is 39.1. The van der Waals surface area contributed by atoms with Crippen LogP contribution in [0.2, 0.25) is 0 Å². The van der Waals surface area contributed by atoms with E-state index in [4.69, 9.17) is 33.4 Å². The zero-order valence-electron chi connectivity index (χ0n) is 51.0. The summed E-state index contributed by atoms with van der Waals surface area (Å²) in [6, 6.07) is -3.04. The molecule has 0 radical (unpaired) electrons. The first kappa shape index (κ1) is 74.5. The molecule has 0 aliphatic carbocycles. The molecule has 0 heterocycles. The number of primary amides is 1. The maximum atomic E-state index is 14.5. The normalized spacial score (nSPS) is 14.8. The van der Waals surface area contributed by atoms with E-state index < -0.39 is 112 Å². The minimum absolute atomic E-state index is 0.0278. The molecule has 0 aromatic heterocycles. The average molecular weight is 1180 g/mol. The zero-order valence-corrected chi connectivity index (χ0v) is 51.8. The Morgan fingerprint density at radius 1 is 0.463 bits per heavy atom. The molecular weight excluding hydrogens is 1070 g/mol. The van der Waals surface area contributed by atoms with Crippen molar-refractivity contribution in [1.29, 1.82) is 0 Å². The molecule has 470 valence electrons. The lowest BCUT2D eigenvalue weighted by Crippen LogP contribution is -2.60. The summed E-state index contributed by atoms with van der Waals surface area (Å²) in [5.41, 5.74) is 29.5. The number of nitrogens with zero attached hydrogens (tertiary/aromatic N) is 1. The van der Waals surface area contributed by atoms with Gasteiger partial charge in [-0.05, 0) is 163 Å². The lowest BCUT2D eigenvalue weighted by atomic mass is 9.98. The van der Waals surface area contributed by atoms with Crippen molar-refractivity contribution in [2.24, 2.45) is 58.3 Å². The van der Waals surface area contributed by atoms with Crippen molar-refractivity contribution >= 4 is 57.3 Å². The van der Waals surface area contributed by atoms with Crippen LogP contribution >= 0.6 is 0 Å². The van der Waals surface area contributed by atoms with Crippen LogP contribution in [0.5, 0.6) is 5.75 Å². The molecule has 0 aliphatic heterocycles. The van der Waals surface area contributed by atoms with Crippen LogP contribution in [-0.4, -0.2) is 148 Å². The molecule has 17 N–H and O–H groups in total. The number of benzene rings is 1. The number of carbonyl (C=O) groups is 8. The summed E-state index contributed by atoms with van der Waals surface area (Å²) < 4.78 is 34.3. The van der Waals surface area contributed by atoms with Crippen LogP contribution in [0, 0.1) is 29.6 Å². The highest BCUT2D eigenvalue weighted by molar-refractivity contribution is 7.89. The number of nitrogens with two attached hydrogens (primary N) is 5. The van der Waals surface area contributed by atoms with Crippen molar-refractivity contribution < 1.29 is 51.5 Å². The first-order chi connectivity index (χ1) is 38.5. The number of nitrogens with one attached hydrogen (secondary N) is 7. The Bertz CT molecular complexity index is 2240. The van der Waals surface area contributed by atoms with Crippen LogP contribution in [-0.2, 0) is 48.4 Å². The van der Waals surface area contributed by atoms with E-state index in [1.54, 1.807) is 0 Å². The summed E-state index contributed by atoms with van der Waals surface area (Å²) in [6.07, 6.45) is 4.25. The summed E-state index contributed by atoms with van der Waals surface area (Å²) in [4.78, 5) is 112. The van der Waals surface area contributed by atoms with Gasteiger partial charge in [0.2, 0.25) is 57.3 Å². The second-order valence-corrected chi connectivity index (χ2v) is 25.6. The number of unbranched alkanes of at least 4 members (excludes halogenated alkanes) is 3. The topological polar surface area (TPSA) is 397 Å². The van der Waals surface area contributed by atoms with Crippen LogP contribution < -0.4 is 70.6 Å². The Morgan fingerprint density at radius 2 is 0.768 bits per heavy atom. The van der Waals surface area contributed by atoms with Crippen LogP contribution in [0.1, 0.15) is 159 Å². The van der Waals surface area contributed by atoms with Crippen LogP contribution in [0.25, 0.3) is 0 Å². The highest BCUT2D eigenvalue weighted by Crippen LogP contribution is 2.21. The van der Waals surface area contributed by atoms with Gasteiger partial charge in [0.1, 0.15) is 48.0 Å². The molecule has 25 heteroatoms. The molecule has 0 bridgehead atoms. The van der Waals surface area contributed by atoms with E-state index in [2.05, 4.69) is 37.2 Å². The first-order valence-electron chi connectivity index (χ1n) is 29.4. The molecule has 1 aromatic rings. The molecule has 0 aliphatic rings. The van der Waals surface area contributed by atoms with Crippen LogP contribution in [0.15, 0.2) is 29.2 Å². The van der Waals surface area contributed by atoms with Crippen LogP contribution in [0.4, 0.5) is 0 Å². The standard InChI is InChI=1S/C57H105N13O11S/c1-35(2)28-40(61)33-70(82(79,80)42-23-21-41(81-11)22-24-42)34-50(71)63-43(18-12-15-25-58)52(73)67-49(32-39(9)10)57(78)69-47(30-37(5)6)55(76)65-44(19-13-16-26-59)53(74)64-45(20-14-17-27-60)54(75)68-48(31-38(7)8)56(77)66-46(51(62)72)29-36(3)4/h21-24,35-40,43-49H,12-20,25-34,58-61H2,1-11H3,(H2,62,72)(H,63,71)(H,64,74)(H,65,76)(H,66,77)(H,67,73)(H,68,75)(H,69,78)/t40-,43-,44-,45-,46-,47-,48-,49-/m0/s1. The van der Waals surface area contributed by atoms with Gasteiger partial charge in [-0.25, -0.2) is 8.42 Å². The molecule has 0 saturated carbocycles. The van der Waals surface area contributed by atoms with Crippen LogP contribution in [0.3, 0.4) is 0 Å². The minimum Gasteiger partial charge on any atom is -0.497 e. The monoisotopic (exact) mass is 1180 g/mol. The largest absolute Gasteiger partial charge is 0.497 e. The van der Waals surface area contributed by atoms with E-state index in [1.165, 1.54) is 31.4 Å². The Labute approximate surface area is 489 Å². The van der Waals surface area contributed by atoms with E-state index in [0.717, 1.165) is 4.31 Å². The van der Waals surface area contributed by atoms with E-state index in [9.17, 15) is 46.8 Å². The van der Waals surface area contributed by atoms with Crippen molar-refractivity contribution in [1.82, 2.24) is 41.5 Å². The van der Waals surface area contributed by atoms with Gasteiger partial charge in [-0.3, -0.25) is 38.4 Å². The first-order valence-corrected chi connectivity index (χ1v) is 30.8. The van der Waals surface area contributed by atoms with Crippen molar-refractivity contribution in [3.63, 3.8) is 0 Å². The lowest BCUT2D eigenvalue weighted by Gasteiger charge is -2.29. The van der Waals surface area contributed by atoms with Gasteiger partial charge in [-0.2, -0.15) is 4.31 Å². The molecule has 8 amide bonds. The minimum atomic E-state index is -4.29. The molecule has 0 spiro atoms. The number of carbonyl (C=O) groups excluding carboxylic acids is 8. The summed E-state index contributed by atoms with van der Waals surface area (Å²) >= 11 is 0. The van der Waals surface area contributed by atoms with Crippen molar-refractivity contribution in [3.05, 3.63) is 24.3 Å². The Kier molecular flexibility index (Phi) is 35.6. The highest BCUT2D eigenvalue weighted by atomic mass is 32.2. The van der Waals surface area contributed by atoms with E-state index >= 15 is 0 Å². The van der Waals surface area contributed by atoms with Gasteiger partial charge >= 0.3 is 0 Å². The third-order valence-corrected chi connectivity index (χ3v) is 15.2. The number of hydrogen-bond donors (Lipinski definition) is 12. The van der Waals surface area contributed by atoms with E-state index in [1.807, 2.05) is 69.2 Å². The molecule has 24 nitrogen and oxygen atoms in total. The predicted molar refractivity (Wildman–Crippen MR) is 318 cm³/mol. The molecule has 0 saturated heterocycles. The Balaban J connectivity index is 3.58. The number of ether oxygens (including phenoxy) is 1. The molecule has 0 unspecified atom stereocenters. The SMILES string of the molecule is COc1ccc(S(=O)(=O)N(CC(=O)N[C@@H](CCCCN)C(=O)N[C@@H](CC(C)C)C(=O)N[C@@H](CC(C)C)C(=O)N[C@@H](CCCCN)C(=O)N[C@@H](CCCCN)C(=O)N[C@@H](CC(C)C)C(=O)N[C@@H](CC(C)C)C(N)=O)C[C@@H](N)CC(C)C)cc1. The molecule has 0 fully saturated rings. The molecule has 1 rings (SSSR count). The van der Waals surface area contributed by atoms with Gasteiger partial charge in [-0.15, -0.1) is 0 Å².